The normalized spacial score (nSPS) is 11.7. The van der Waals surface area contributed by atoms with Crippen molar-refractivity contribution in [3.8, 4) is 0 Å². The van der Waals surface area contributed by atoms with E-state index >= 15 is 0 Å². The lowest BCUT2D eigenvalue weighted by Crippen LogP contribution is -2.05. The van der Waals surface area contributed by atoms with Gasteiger partial charge in [0.25, 0.3) is 0 Å². The number of hydrogen-bond donors (Lipinski definition) is 0. The standard InChI is InChI=1S/C16H14N2O2S/c1-11-6-8-13(9-7-11)21(19,20)15-10-17-18-16-12(2)4-3-5-14(15)16/h3-10H,1-2H3. The molecule has 0 radical (unpaired) electrons. The third-order valence-corrected chi connectivity index (χ3v) is 5.25. The minimum absolute atomic E-state index is 0.194. The number of sulfone groups is 1. The SMILES string of the molecule is Cc1ccc(S(=O)(=O)c2cnnc3c(C)cccc23)cc1. The second-order valence-corrected chi connectivity index (χ2v) is 6.91. The van der Waals surface area contributed by atoms with Gasteiger partial charge in [-0.15, -0.1) is 0 Å². The van der Waals surface area contributed by atoms with Gasteiger partial charge in [0.15, 0.2) is 0 Å². The second-order valence-electron chi connectivity index (χ2n) is 5.00. The van der Waals surface area contributed by atoms with E-state index in [4.69, 9.17) is 0 Å². The maximum atomic E-state index is 12.8. The zero-order valence-corrected chi connectivity index (χ0v) is 12.6. The summed E-state index contributed by atoms with van der Waals surface area (Å²) in [6, 6.07) is 12.3. The zero-order valence-electron chi connectivity index (χ0n) is 11.7. The highest BCUT2D eigenvalue weighted by molar-refractivity contribution is 7.91. The van der Waals surface area contributed by atoms with Crippen molar-refractivity contribution in [2.75, 3.05) is 0 Å². The van der Waals surface area contributed by atoms with Crippen molar-refractivity contribution in [2.24, 2.45) is 0 Å². The van der Waals surface area contributed by atoms with E-state index in [1.807, 2.05) is 26.0 Å². The van der Waals surface area contributed by atoms with Crippen molar-refractivity contribution in [3.05, 3.63) is 59.8 Å². The van der Waals surface area contributed by atoms with Crippen LogP contribution >= 0.6 is 0 Å². The molecule has 4 nitrogen and oxygen atoms in total. The third kappa shape index (κ3) is 2.29. The van der Waals surface area contributed by atoms with Gasteiger partial charge in [0.05, 0.1) is 16.6 Å². The molecule has 2 aromatic carbocycles. The average molecular weight is 298 g/mol. The fourth-order valence-corrected chi connectivity index (χ4v) is 3.65. The lowest BCUT2D eigenvalue weighted by molar-refractivity contribution is 0.596. The number of fused-ring (bicyclic) bond motifs is 1. The molecule has 0 aliphatic carbocycles. The number of aryl methyl sites for hydroxylation is 2. The van der Waals surface area contributed by atoms with Crippen LogP contribution in [0.3, 0.4) is 0 Å². The largest absolute Gasteiger partial charge is 0.218 e. The number of hydrogen-bond acceptors (Lipinski definition) is 4. The smallest absolute Gasteiger partial charge is 0.208 e. The molecule has 0 saturated carbocycles. The quantitative estimate of drug-likeness (QED) is 0.729. The van der Waals surface area contributed by atoms with Crippen LogP contribution in [-0.2, 0) is 9.84 Å². The summed E-state index contributed by atoms with van der Waals surface area (Å²) in [4.78, 5) is 0.462. The van der Waals surface area contributed by atoms with Crippen LogP contribution in [0.15, 0.2) is 58.5 Å². The Hall–Kier alpha value is -2.27. The lowest BCUT2D eigenvalue weighted by Gasteiger charge is -2.08. The van der Waals surface area contributed by atoms with Crippen LogP contribution in [0.1, 0.15) is 11.1 Å². The maximum Gasteiger partial charge on any atom is 0.208 e. The maximum absolute atomic E-state index is 12.8. The Balaban J connectivity index is 2.29. The van der Waals surface area contributed by atoms with Crippen molar-refractivity contribution in [1.29, 1.82) is 0 Å². The molecule has 106 valence electrons. The molecule has 3 rings (SSSR count). The summed E-state index contributed by atoms with van der Waals surface area (Å²) in [7, 11) is -3.60. The van der Waals surface area contributed by atoms with E-state index in [0.29, 0.717) is 10.9 Å². The molecule has 5 heteroatoms. The summed E-state index contributed by atoms with van der Waals surface area (Å²) in [5.41, 5.74) is 2.54. The predicted octanol–water partition coefficient (Wildman–Crippen LogP) is 3.08. The molecule has 0 unspecified atom stereocenters. The van der Waals surface area contributed by atoms with Crippen LogP contribution < -0.4 is 0 Å². The third-order valence-electron chi connectivity index (χ3n) is 3.46. The Morgan fingerprint density at radius 2 is 1.67 bits per heavy atom. The first-order valence-corrected chi connectivity index (χ1v) is 8.01. The average Bonchev–Trinajstić information content (AvgIpc) is 2.47. The first kappa shape index (κ1) is 13.7. The molecule has 0 spiro atoms. The van der Waals surface area contributed by atoms with Gasteiger partial charge in [0.2, 0.25) is 9.84 Å². The molecule has 0 fully saturated rings. The lowest BCUT2D eigenvalue weighted by atomic mass is 10.1. The summed E-state index contributed by atoms with van der Waals surface area (Å²) in [5.74, 6) is 0. The molecular formula is C16H14N2O2S. The van der Waals surface area contributed by atoms with Crippen LogP contribution in [0.4, 0.5) is 0 Å². The number of rotatable bonds is 2. The molecular weight excluding hydrogens is 284 g/mol. The van der Waals surface area contributed by atoms with Gasteiger partial charge in [-0.2, -0.15) is 10.2 Å². The molecule has 1 aromatic heterocycles. The first-order chi connectivity index (χ1) is 10.00. The summed E-state index contributed by atoms with van der Waals surface area (Å²) >= 11 is 0. The van der Waals surface area contributed by atoms with Crippen LogP contribution in [0.5, 0.6) is 0 Å². The summed E-state index contributed by atoms with van der Waals surface area (Å²) < 4.78 is 25.6. The Bertz CT molecular complexity index is 917. The van der Waals surface area contributed by atoms with E-state index < -0.39 is 9.84 Å². The molecule has 0 amide bonds. The van der Waals surface area contributed by atoms with Crippen molar-refractivity contribution in [2.45, 2.75) is 23.6 Å². The molecule has 0 N–H and O–H groups in total. The van der Waals surface area contributed by atoms with Gasteiger partial charge >= 0.3 is 0 Å². The minimum atomic E-state index is -3.60. The number of aromatic nitrogens is 2. The Labute approximate surface area is 123 Å². The van der Waals surface area contributed by atoms with Gasteiger partial charge in [-0.3, -0.25) is 0 Å². The van der Waals surface area contributed by atoms with Gasteiger partial charge in [0.1, 0.15) is 4.90 Å². The van der Waals surface area contributed by atoms with Crippen molar-refractivity contribution >= 4 is 20.7 Å². The van der Waals surface area contributed by atoms with E-state index in [1.165, 1.54) is 6.20 Å². The first-order valence-electron chi connectivity index (χ1n) is 6.53. The highest BCUT2D eigenvalue weighted by Gasteiger charge is 2.21. The molecule has 0 saturated heterocycles. The monoisotopic (exact) mass is 298 g/mol. The van der Waals surface area contributed by atoms with Crippen molar-refractivity contribution < 1.29 is 8.42 Å². The fraction of sp³-hybridized carbons (Fsp3) is 0.125. The summed E-state index contributed by atoms with van der Waals surface area (Å²) in [6.07, 6.45) is 1.32. The molecule has 21 heavy (non-hydrogen) atoms. The minimum Gasteiger partial charge on any atom is -0.218 e. The van der Waals surface area contributed by atoms with E-state index in [0.717, 1.165) is 11.1 Å². The van der Waals surface area contributed by atoms with Gasteiger partial charge in [0, 0.05) is 5.39 Å². The molecule has 0 atom stereocenters. The van der Waals surface area contributed by atoms with E-state index in [-0.39, 0.29) is 9.79 Å². The Morgan fingerprint density at radius 1 is 0.952 bits per heavy atom. The van der Waals surface area contributed by atoms with E-state index in [9.17, 15) is 8.42 Å². The van der Waals surface area contributed by atoms with Crippen LogP contribution in [0.2, 0.25) is 0 Å². The van der Waals surface area contributed by atoms with Gasteiger partial charge in [-0.25, -0.2) is 8.42 Å². The van der Waals surface area contributed by atoms with Crippen LogP contribution in [0, 0.1) is 13.8 Å². The topological polar surface area (TPSA) is 59.9 Å². The molecule has 3 aromatic rings. The molecule has 0 aliphatic rings. The van der Waals surface area contributed by atoms with Crippen molar-refractivity contribution in [3.63, 3.8) is 0 Å². The highest BCUT2D eigenvalue weighted by Crippen LogP contribution is 2.27. The Morgan fingerprint density at radius 3 is 2.38 bits per heavy atom. The number of benzene rings is 2. The van der Waals surface area contributed by atoms with E-state index in [2.05, 4.69) is 10.2 Å². The fourth-order valence-electron chi connectivity index (χ4n) is 2.26. The van der Waals surface area contributed by atoms with E-state index in [1.54, 1.807) is 30.3 Å². The molecule has 0 aliphatic heterocycles. The van der Waals surface area contributed by atoms with Gasteiger partial charge in [-0.05, 0) is 31.5 Å². The van der Waals surface area contributed by atoms with Crippen molar-refractivity contribution in [1.82, 2.24) is 10.2 Å². The Kier molecular flexibility index (Phi) is 3.22. The zero-order chi connectivity index (χ0) is 15.0. The van der Waals surface area contributed by atoms with Gasteiger partial charge < -0.3 is 0 Å². The molecule has 1 heterocycles. The molecule has 0 bridgehead atoms. The highest BCUT2D eigenvalue weighted by atomic mass is 32.2. The predicted molar refractivity (Wildman–Crippen MR) is 80.9 cm³/mol. The van der Waals surface area contributed by atoms with Gasteiger partial charge in [-0.1, -0.05) is 35.9 Å². The second kappa shape index (κ2) is 4.93. The van der Waals surface area contributed by atoms with Crippen LogP contribution in [-0.4, -0.2) is 18.6 Å². The summed E-state index contributed by atoms with van der Waals surface area (Å²) in [5, 5.41) is 8.50. The summed E-state index contributed by atoms with van der Waals surface area (Å²) in [6.45, 7) is 3.81. The van der Waals surface area contributed by atoms with Crippen LogP contribution in [0.25, 0.3) is 10.9 Å². The number of nitrogens with zero attached hydrogens (tertiary/aromatic N) is 2.